The van der Waals surface area contributed by atoms with Crippen molar-refractivity contribution < 1.29 is 14.4 Å². The Labute approximate surface area is 291 Å². The van der Waals surface area contributed by atoms with Crippen LogP contribution < -0.4 is 25.3 Å². The SMILES string of the molecule is C=CC(=O)Nc1cccc(N2C(=O)N(C3CCN(C(=O)C=C)c4ccccc43)Cc3cnc(Nc4ccc(N5CCN(C)CC5)cc4)nc32)c1. The first-order valence-electron chi connectivity index (χ1n) is 16.7. The molecule has 1 unspecified atom stereocenters. The van der Waals surface area contributed by atoms with E-state index < -0.39 is 0 Å². The van der Waals surface area contributed by atoms with Crippen molar-refractivity contribution in [3.8, 4) is 0 Å². The van der Waals surface area contributed by atoms with E-state index in [-0.39, 0.29) is 30.4 Å². The smallest absolute Gasteiger partial charge is 0.331 e. The first-order chi connectivity index (χ1) is 24.3. The third kappa shape index (κ3) is 6.40. The van der Waals surface area contributed by atoms with Crippen LogP contribution in [-0.4, -0.2) is 77.4 Å². The monoisotopic (exact) mass is 669 g/mol. The molecule has 0 saturated carbocycles. The number of hydrogen-bond donors (Lipinski definition) is 2. The molecule has 1 aromatic heterocycles. The van der Waals surface area contributed by atoms with E-state index in [1.165, 1.54) is 12.2 Å². The van der Waals surface area contributed by atoms with Gasteiger partial charge in [0.2, 0.25) is 17.8 Å². The summed E-state index contributed by atoms with van der Waals surface area (Å²) in [6.45, 7) is 11.9. The predicted octanol–water partition coefficient (Wildman–Crippen LogP) is 5.83. The molecule has 0 spiro atoms. The number of benzene rings is 3. The Kier molecular flexibility index (Phi) is 9.01. The van der Waals surface area contributed by atoms with Crippen molar-refractivity contribution in [2.24, 2.45) is 0 Å². The molecule has 4 aromatic rings. The van der Waals surface area contributed by atoms with Crippen LogP contribution in [0.4, 0.5) is 45.0 Å². The van der Waals surface area contributed by atoms with Crippen LogP contribution in [0.25, 0.3) is 0 Å². The summed E-state index contributed by atoms with van der Waals surface area (Å²) < 4.78 is 0. The van der Waals surface area contributed by atoms with Gasteiger partial charge in [-0.25, -0.2) is 14.7 Å². The zero-order chi connectivity index (χ0) is 34.8. The van der Waals surface area contributed by atoms with Crippen molar-refractivity contribution in [3.05, 3.63) is 115 Å². The molecule has 0 aliphatic carbocycles. The zero-order valence-electron chi connectivity index (χ0n) is 28.0. The number of nitrogens with one attached hydrogen (secondary N) is 2. The highest BCUT2D eigenvalue weighted by molar-refractivity contribution is 6.04. The van der Waals surface area contributed by atoms with Crippen LogP contribution >= 0.6 is 0 Å². The number of nitrogens with zero attached hydrogens (tertiary/aromatic N) is 7. The van der Waals surface area contributed by atoms with Gasteiger partial charge in [0.25, 0.3) is 0 Å². The standard InChI is InChI=1S/C38H39N9O3/c1-4-34(48)40-28-9-8-10-30(23-28)47-36-26(24-39-37(42-36)41-27-13-15-29(16-14-27)44-21-19-43(3)20-22-44)25-46(38(47)50)33-17-18-45(35(49)5-2)32-12-7-6-11-31(32)33/h4-16,23-24,33H,1-2,17-22,25H2,3H3,(H,40,48)(H,39,41,42). The van der Waals surface area contributed by atoms with E-state index in [1.54, 1.807) is 45.2 Å². The van der Waals surface area contributed by atoms with Crippen LogP contribution in [0, 0.1) is 0 Å². The van der Waals surface area contributed by atoms with Crippen molar-refractivity contribution in [1.29, 1.82) is 0 Å². The van der Waals surface area contributed by atoms with Crippen molar-refractivity contribution in [1.82, 2.24) is 19.8 Å². The molecule has 1 fully saturated rings. The van der Waals surface area contributed by atoms with Crippen LogP contribution in [0.15, 0.2) is 104 Å². The Morgan fingerprint density at radius 2 is 1.66 bits per heavy atom. The normalized spacial score (nSPS) is 17.5. The fourth-order valence-electron chi connectivity index (χ4n) is 6.78. The quantitative estimate of drug-likeness (QED) is 0.225. The lowest BCUT2D eigenvalue weighted by atomic mass is 9.94. The van der Waals surface area contributed by atoms with E-state index in [4.69, 9.17) is 4.98 Å². The molecule has 4 amide bonds. The van der Waals surface area contributed by atoms with Gasteiger partial charge in [-0.3, -0.25) is 9.59 Å². The van der Waals surface area contributed by atoms with Crippen LogP contribution in [0.2, 0.25) is 0 Å². The van der Waals surface area contributed by atoms with Gasteiger partial charge < -0.3 is 30.2 Å². The second kappa shape index (κ2) is 13.8. The zero-order valence-corrected chi connectivity index (χ0v) is 28.0. The number of anilines is 7. The number of likely N-dealkylation sites (N-methyl/N-ethyl adjacent to an activating group) is 1. The molecular weight excluding hydrogens is 630 g/mol. The second-order valence-corrected chi connectivity index (χ2v) is 12.6. The third-order valence-corrected chi connectivity index (χ3v) is 9.41. The molecule has 0 bridgehead atoms. The molecule has 1 saturated heterocycles. The maximum atomic E-state index is 14.7. The van der Waals surface area contributed by atoms with Crippen LogP contribution in [-0.2, 0) is 16.1 Å². The van der Waals surface area contributed by atoms with Crippen molar-refractivity contribution in [3.63, 3.8) is 0 Å². The van der Waals surface area contributed by atoms with E-state index in [9.17, 15) is 14.4 Å². The van der Waals surface area contributed by atoms with Gasteiger partial charge in [0.05, 0.1) is 18.3 Å². The van der Waals surface area contributed by atoms with E-state index in [2.05, 4.69) is 57.8 Å². The van der Waals surface area contributed by atoms with Gasteiger partial charge in [0, 0.05) is 67.2 Å². The molecule has 3 aromatic carbocycles. The van der Waals surface area contributed by atoms with E-state index in [0.717, 1.165) is 54.4 Å². The Hall–Kier alpha value is -6.01. The maximum Gasteiger partial charge on any atom is 0.331 e. The minimum Gasteiger partial charge on any atom is -0.369 e. The van der Waals surface area contributed by atoms with Gasteiger partial charge >= 0.3 is 6.03 Å². The summed E-state index contributed by atoms with van der Waals surface area (Å²) >= 11 is 0. The van der Waals surface area contributed by atoms with Gasteiger partial charge in [-0.15, -0.1) is 0 Å². The number of urea groups is 1. The molecule has 12 nitrogen and oxygen atoms in total. The summed E-state index contributed by atoms with van der Waals surface area (Å²) in [6, 6.07) is 22.3. The number of rotatable bonds is 8. The fraction of sp³-hybridized carbons (Fsp3) is 0.237. The minimum atomic E-state index is -0.362. The summed E-state index contributed by atoms with van der Waals surface area (Å²) in [5.74, 6) is 0.241. The molecule has 1 atom stereocenters. The first kappa shape index (κ1) is 32.5. The molecule has 7 rings (SSSR count). The lowest BCUT2D eigenvalue weighted by Gasteiger charge is -2.44. The van der Waals surface area contributed by atoms with E-state index in [0.29, 0.717) is 36.1 Å². The highest BCUT2D eigenvalue weighted by atomic mass is 16.2. The summed E-state index contributed by atoms with van der Waals surface area (Å²) in [5, 5.41) is 6.11. The Balaban J connectivity index is 1.23. The molecule has 50 heavy (non-hydrogen) atoms. The van der Waals surface area contributed by atoms with Gasteiger partial charge in [0.1, 0.15) is 0 Å². The predicted molar refractivity (Wildman–Crippen MR) is 196 cm³/mol. The van der Waals surface area contributed by atoms with Crippen molar-refractivity contribution in [2.75, 3.05) is 65.1 Å². The van der Waals surface area contributed by atoms with Crippen LogP contribution in [0.5, 0.6) is 0 Å². The largest absolute Gasteiger partial charge is 0.369 e. The average molecular weight is 670 g/mol. The first-order valence-corrected chi connectivity index (χ1v) is 16.7. The number of aromatic nitrogens is 2. The van der Waals surface area contributed by atoms with Crippen molar-refractivity contribution >= 4 is 58.0 Å². The summed E-state index contributed by atoms with van der Waals surface area (Å²) in [7, 11) is 2.14. The lowest BCUT2D eigenvalue weighted by molar-refractivity contribution is -0.114. The van der Waals surface area contributed by atoms with Gasteiger partial charge in [-0.2, -0.15) is 4.98 Å². The molecule has 3 aliphatic rings. The number of carbonyl (C=O) groups excluding carboxylic acids is 3. The van der Waals surface area contributed by atoms with Crippen molar-refractivity contribution in [2.45, 2.75) is 19.0 Å². The van der Waals surface area contributed by atoms with E-state index >= 15 is 0 Å². The van der Waals surface area contributed by atoms with Gasteiger partial charge in [0.15, 0.2) is 5.82 Å². The number of amides is 4. The minimum absolute atomic E-state index is 0.186. The van der Waals surface area contributed by atoms with Crippen LogP contribution in [0.1, 0.15) is 23.6 Å². The Morgan fingerprint density at radius 3 is 2.42 bits per heavy atom. The van der Waals surface area contributed by atoms with E-state index in [1.807, 2.05) is 36.4 Å². The van der Waals surface area contributed by atoms with Crippen LogP contribution in [0.3, 0.4) is 0 Å². The highest BCUT2D eigenvalue weighted by Gasteiger charge is 2.40. The van der Waals surface area contributed by atoms with Gasteiger partial charge in [-0.05, 0) is 79.7 Å². The molecule has 0 radical (unpaired) electrons. The molecule has 2 N–H and O–H groups in total. The summed E-state index contributed by atoms with van der Waals surface area (Å²) in [4.78, 5) is 58.9. The summed E-state index contributed by atoms with van der Waals surface area (Å²) in [5.41, 5.74) is 5.40. The number of piperazine rings is 1. The molecule has 3 aliphatic heterocycles. The number of carbonyl (C=O) groups is 3. The molecule has 254 valence electrons. The lowest BCUT2D eigenvalue weighted by Crippen LogP contribution is -2.49. The molecule has 12 heteroatoms. The highest BCUT2D eigenvalue weighted by Crippen LogP contribution is 2.43. The fourth-order valence-corrected chi connectivity index (χ4v) is 6.78. The molecule has 4 heterocycles. The van der Waals surface area contributed by atoms with Gasteiger partial charge in [-0.1, -0.05) is 37.4 Å². The third-order valence-electron chi connectivity index (χ3n) is 9.41. The number of para-hydroxylation sites is 1. The Morgan fingerprint density at radius 1 is 0.880 bits per heavy atom. The number of fused-ring (bicyclic) bond motifs is 2. The Bertz CT molecular complexity index is 1960. The summed E-state index contributed by atoms with van der Waals surface area (Å²) in [6.07, 6.45) is 4.79. The maximum absolute atomic E-state index is 14.7. The topological polar surface area (TPSA) is 117 Å². The second-order valence-electron chi connectivity index (χ2n) is 12.6. The average Bonchev–Trinajstić information content (AvgIpc) is 3.14. The number of hydrogen-bond acceptors (Lipinski definition) is 8. The molecular formula is C38H39N9O3.